The molecule has 56 heavy (non-hydrogen) atoms. The number of allylic oxidation sites excluding steroid dienone is 1. The van der Waals surface area contributed by atoms with Gasteiger partial charge in [-0.25, -0.2) is 13.1 Å². The molecule has 0 unspecified atom stereocenters. The first-order chi connectivity index (χ1) is 27.2. The summed E-state index contributed by atoms with van der Waals surface area (Å²) < 4.78 is 43.1. The van der Waals surface area contributed by atoms with Gasteiger partial charge in [-0.2, -0.15) is 0 Å². The van der Waals surface area contributed by atoms with E-state index in [2.05, 4.69) is 43.4 Å². The number of hydrogen-bond acceptors (Lipinski definition) is 8. The monoisotopic (exact) mass is 815 g/mol. The van der Waals surface area contributed by atoms with Crippen LogP contribution in [0.15, 0.2) is 12.2 Å². The lowest BCUT2D eigenvalue weighted by Gasteiger charge is -2.22. The molecule has 0 saturated heterocycles. The molecule has 0 aromatic rings. The summed E-state index contributed by atoms with van der Waals surface area (Å²) in [4.78, 5) is 27.1. The molecule has 0 saturated carbocycles. The van der Waals surface area contributed by atoms with Gasteiger partial charge < -0.3 is 19.1 Å². The summed E-state index contributed by atoms with van der Waals surface area (Å²) in [5.41, 5.74) is 0. The zero-order valence-corrected chi connectivity index (χ0v) is 38.1. The van der Waals surface area contributed by atoms with Crippen LogP contribution in [0.3, 0.4) is 0 Å². The van der Waals surface area contributed by atoms with Crippen molar-refractivity contribution in [3.63, 3.8) is 0 Å². The maximum absolute atomic E-state index is 12.3. The van der Waals surface area contributed by atoms with E-state index in [1.165, 1.54) is 97.0 Å². The number of nitrogens with zero attached hydrogens (tertiary/aromatic N) is 1. The van der Waals surface area contributed by atoms with Crippen molar-refractivity contribution < 1.29 is 32.2 Å². The van der Waals surface area contributed by atoms with E-state index < -0.39 is 10.0 Å². The molecule has 0 amide bonds. The number of carbonyl (C=O) groups is 2. The minimum absolute atomic E-state index is 0.0204. The zero-order chi connectivity index (χ0) is 41.4. The molecule has 1 N–H and O–H groups in total. The van der Waals surface area contributed by atoms with Gasteiger partial charge in [0.2, 0.25) is 10.0 Å². The lowest BCUT2D eigenvalue weighted by atomic mass is 9.92. The number of ether oxygens (including phenoxy) is 3. The summed E-state index contributed by atoms with van der Waals surface area (Å²) in [6, 6.07) is 0. The molecule has 0 spiro atoms. The number of esters is 2. The van der Waals surface area contributed by atoms with Crippen LogP contribution in [-0.2, 0) is 33.8 Å². The predicted octanol–water partition coefficient (Wildman–Crippen LogP) is 11.3. The lowest BCUT2D eigenvalue weighted by Crippen LogP contribution is -2.33. The van der Waals surface area contributed by atoms with Crippen LogP contribution < -0.4 is 4.72 Å². The first-order valence-corrected chi connectivity index (χ1v) is 25.0. The van der Waals surface area contributed by atoms with Gasteiger partial charge in [-0.3, -0.25) is 9.59 Å². The Kier molecular flexibility index (Phi) is 39.2. The summed E-state index contributed by atoms with van der Waals surface area (Å²) in [7, 11) is -1.81. The Morgan fingerprint density at radius 3 is 1.68 bits per heavy atom. The molecule has 0 rings (SSSR count). The number of sulfonamides is 1. The maximum atomic E-state index is 12.3. The minimum atomic E-state index is -3.32. The van der Waals surface area contributed by atoms with Crippen LogP contribution in [0.1, 0.15) is 201 Å². The molecular weight excluding hydrogens is 725 g/mol. The third kappa shape index (κ3) is 36.8. The van der Waals surface area contributed by atoms with E-state index in [1.54, 1.807) is 0 Å². The van der Waals surface area contributed by atoms with Crippen molar-refractivity contribution in [2.45, 2.75) is 201 Å². The summed E-state index contributed by atoms with van der Waals surface area (Å²) in [5.74, 6) is 1.15. The Morgan fingerprint density at radius 2 is 1.09 bits per heavy atom. The minimum Gasteiger partial charge on any atom is -0.466 e. The third-order valence-electron chi connectivity index (χ3n) is 10.9. The molecule has 0 aliphatic carbocycles. The summed E-state index contributed by atoms with van der Waals surface area (Å²) in [5, 5.41) is 0. The van der Waals surface area contributed by atoms with Crippen molar-refractivity contribution in [1.29, 1.82) is 0 Å². The van der Waals surface area contributed by atoms with Gasteiger partial charge in [0.15, 0.2) is 0 Å². The fraction of sp³-hybridized carbons (Fsp3) is 0.913. The first-order valence-electron chi connectivity index (χ1n) is 23.4. The normalized spacial score (nSPS) is 12.1. The predicted molar refractivity (Wildman–Crippen MR) is 235 cm³/mol. The van der Waals surface area contributed by atoms with Gasteiger partial charge in [-0.05, 0) is 82.8 Å². The molecule has 0 bridgehead atoms. The molecule has 0 fully saturated rings. The molecular formula is C46H90N2O7S. The average molecular weight is 815 g/mol. The standard InChI is InChI=1S/C46H90N2O7S/c1-6-10-20-29-44(30-21-11-7-2)34-40-55-46(50)32-23-17-15-19-25-37-48(38-26-35-47-56(51,52)42-41-53-5)36-24-18-14-16-22-31-45(49)54-39-33-43(27-12-8-3)28-13-9-4/h17,23,43-44,47H,6-16,18-22,24-42H2,1-5H3/b23-17+. The Bertz CT molecular complexity index is 1000. The molecule has 9 nitrogen and oxygen atoms in total. The van der Waals surface area contributed by atoms with Gasteiger partial charge in [-0.15, -0.1) is 0 Å². The van der Waals surface area contributed by atoms with Crippen LogP contribution in [0.5, 0.6) is 0 Å². The molecule has 0 radical (unpaired) electrons. The number of unbranched alkanes of at least 4 members (excludes halogenated alkanes) is 12. The molecule has 10 heteroatoms. The highest BCUT2D eigenvalue weighted by atomic mass is 32.2. The second-order valence-electron chi connectivity index (χ2n) is 16.1. The van der Waals surface area contributed by atoms with Crippen molar-refractivity contribution in [2.24, 2.45) is 11.8 Å². The Balaban J connectivity index is 4.48. The smallest absolute Gasteiger partial charge is 0.309 e. The molecule has 0 heterocycles. The summed E-state index contributed by atoms with van der Waals surface area (Å²) in [6.07, 6.45) is 33.4. The molecule has 0 aromatic heterocycles. The highest BCUT2D eigenvalue weighted by molar-refractivity contribution is 7.89. The number of hydrogen-bond donors (Lipinski definition) is 1. The molecule has 332 valence electrons. The third-order valence-corrected chi connectivity index (χ3v) is 12.2. The van der Waals surface area contributed by atoms with Gasteiger partial charge >= 0.3 is 11.9 Å². The van der Waals surface area contributed by atoms with Crippen molar-refractivity contribution in [3.05, 3.63) is 12.2 Å². The van der Waals surface area contributed by atoms with Crippen molar-refractivity contribution in [1.82, 2.24) is 9.62 Å². The van der Waals surface area contributed by atoms with Crippen molar-refractivity contribution >= 4 is 22.0 Å². The van der Waals surface area contributed by atoms with Crippen molar-refractivity contribution in [2.75, 3.05) is 58.9 Å². The van der Waals surface area contributed by atoms with E-state index >= 15 is 0 Å². The van der Waals surface area contributed by atoms with Crippen LogP contribution >= 0.6 is 0 Å². The van der Waals surface area contributed by atoms with Crippen LogP contribution in [-0.4, -0.2) is 84.1 Å². The van der Waals surface area contributed by atoms with E-state index in [4.69, 9.17) is 14.2 Å². The van der Waals surface area contributed by atoms with Crippen LogP contribution in [0.2, 0.25) is 0 Å². The Labute approximate surface area is 346 Å². The first kappa shape index (κ1) is 54.5. The Hall–Kier alpha value is -1.49. The number of methoxy groups -OCH3 is 1. The summed E-state index contributed by atoms with van der Waals surface area (Å²) >= 11 is 0. The highest BCUT2D eigenvalue weighted by Gasteiger charge is 2.13. The molecule has 0 atom stereocenters. The number of nitrogens with one attached hydrogen (secondary N) is 1. The number of carbonyl (C=O) groups excluding carboxylic acids is 2. The van der Waals surface area contributed by atoms with Crippen LogP contribution in [0, 0.1) is 11.8 Å². The van der Waals surface area contributed by atoms with Gasteiger partial charge in [0.05, 0.1) is 32.0 Å². The topological polar surface area (TPSA) is 111 Å². The quantitative estimate of drug-likeness (QED) is 0.0368. The second-order valence-corrected chi connectivity index (χ2v) is 18.0. The molecule has 0 aliphatic rings. The number of rotatable bonds is 43. The van der Waals surface area contributed by atoms with E-state index in [1.807, 2.05) is 6.08 Å². The fourth-order valence-corrected chi connectivity index (χ4v) is 8.17. The van der Waals surface area contributed by atoms with Crippen LogP contribution in [0.4, 0.5) is 0 Å². The average Bonchev–Trinajstić information content (AvgIpc) is 3.18. The van der Waals surface area contributed by atoms with Gasteiger partial charge in [0, 0.05) is 20.1 Å². The zero-order valence-electron chi connectivity index (χ0n) is 37.3. The van der Waals surface area contributed by atoms with Gasteiger partial charge in [-0.1, -0.05) is 149 Å². The lowest BCUT2D eigenvalue weighted by molar-refractivity contribution is -0.144. The Morgan fingerprint density at radius 1 is 0.571 bits per heavy atom. The summed E-state index contributed by atoms with van der Waals surface area (Å²) in [6.45, 7) is 13.5. The largest absolute Gasteiger partial charge is 0.466 e. The van der Waals surface area contributed by atoms with E-state index in [0.717, 1.165) is 90.3 Å². The van der Waals surface area contributed by atoms with E-state index in [0.29, 0.717) is 44.4 Å². The van der Waals surface area contributed by atoms with E-state index in [-0.39, 0.29) is 24.3 Å². The van der Waals surface area contributed by atoms with Crippen molar-refractivity contribution in [3.8, 4) is 0 Å². The van der Waals surface area contributed by atoms with E-state index in [9.17, 15) is 18.0 Å². The van der Waals surface area contributed by atoms with Gasteiger partial charge in [0.1, 0.15) is 0 Å². The second kappa shape index (κ2) is 40.3. The fourth-order valence-electron chi connectivity index (χ4n) is 7.19. The molecule has 0 aromatic carbocycles. The maximum Gasteiger partial charge on any atom is 0.309 e. The highest BCUT2D eigenvalue weighted by Crippen LogP contribution is 2.22. The van der Waals surface area contributed by atoms with Crippen LogP contribution in [0.25, 0.3) is 0 Å². The van der Waals surface area contributed by atoms with Gasteiger partial charge in [0.25, 0.3) is 0 Å². The SMILES string of the molecule is CCCCCC(CCCCC)CCOC(=O)C/C=C/CCCCN(CCCCCCCC(=O)OCCC(CCCC)CCCC)CCCNS(=O)(=O)CCOC. The molecule has 0 aliphatic heterocycles.